The monoisotopic (exact) mass is 465 g/mol. The highest BCUT2D eigenvalue weighted by molar-refractivity contribution is 5.91. The maximum Gasteiger partial charge on any atom is 0.336 e. The topological polar surface area (TPSA) is 129 Å². The van der Waals surface area contributed by atoms with E-state index in [1.165, 1.54) is 38.0 Å². The molecule has 4 rings (SSSR count). The Morgan fingerprint density at radius 1 is 1.03 bits per heavy atom. The molecular formula is C23H23N5O6. The van der Waals surface area contributed by atoms with Crippen LogP contribution < -0.4 is 30.8 Å². The maximum absolute atomic E-state index is 13.6. The standard InChI is InChI=1S/C23H23N5O6/c1-13-8-20(26-25-13)24-21(29)12-27-17-11-19(34-4)18(33-3)10-16(17)22(30)28(23(27)31)14-6-5-7-15(9-14)32-2/h5-11H,12H2,1-4H3,(H2,24,25,26,29). The minimum Gasteiger partial charge on any atom is -0.497 e. The molecule has 34 heavy (non-hydrogen) atoms. The molecule has 0 saturated heterocycles. The maximum atomic E-state index is 13.6. The van der Waals surface area contributed by atoms with Crippen LogP contribution in [0.3, 0.4) is 0 Å². The van der Waals surface area contributed by atoms with Gasteiger partial charge in [-0.25, -0.2) is 9.36 Å². The van der Waals surface area contributed by atoms with Gasteiger partial charge >= 0.3 is 5.69 Å². The molecule has 2 aromatic carbocycles. The van der Waals surface area contributed by atoms with Crippen molar-refractivity contribution in [2.75, 3.05) is 26.6 Å². The zero-order valence-corrected chi connectivity index (χ0v) is 19.0. The van der Waals surface area contributed by atoms with Gasteiger partial charge < -0.3 is 19.5 Å². The molecule has 0 aliphatic carbocycles. The van der Waals surface area contributed by atoms with Gasteiger partial charge in [-0.15, -0.1) is 0 Å². The van der Waals surface area contributed by atoms with Crippen molar-refractivity contribution in [3.05, 3.63) is 69.0 Å². The third-order valence-corrected chi connectivity index (χ3v) is 5.24. The van der Waals surface area contributed by atoms with Crippen LogP contribution in [0.5, 0.6) is 17.2 Å². The zero-order chi connectivity index (χ0) is 24.4. The number of ether oxygens (including phenoxy) is 3. The van der Waals surface area contributed by atoms with Crippen molar-refractivity contribution in [1.29, 1.82) is 0 Å². The molecule has 0 radical (unpaired) electrons. The van der Waals surface area contributed by atoms with Crippen LogP contribution in [0.25, 0.3) is 16.6 Å². The molecule has 0 spiro atoms. The largest absolute Gasteiger partial charge is 0.497 e. The van der Waals surface area contributed by atoms with E-state index in [9.17, 15) is 14.4 Å². The van der Waals surface area contributed by atoms with E-state index in [1.807, 2.05) is 0 Å². The van der Waals surface area contributed by atoms with Gasteiger partial charge in [-0.3, -0.25) is 19.3 Å². The van der Waals surface area contributed by atoms with Crippen LogP contribution in [0, 0.1) is 6.92 Å². The number of nitrogens with one attached hydrogen (secondary N) is 2. The average Bonchev–Trinajstić information content (AvgIpc) is 3.25. The van der Waals surface area contributed by atoms with E-state index in [0.29, 0.717) is 28.8 Å². The van der Waals surface area contributed by atoms with Gasteiger partial charge in [0.25, 0.3) is 5.56 Å². The number of hydrogen-bond donors (Lipinski definition) is 2. The van der Waals surface area contributed by atoms with Gasteiger partial charge in [0, 0.05) is 23.9 Å². The molecule has 0 unspecified atom stereocenters. The Kier molecular flexibility index (Phi) is 6.09. The molecule has 0 aliphatic heterocycles. The predicted octanol–water partition coefficient (Wildman–Crippen LogP) is 1.85. The van der Waals surface area contributed by atoms with Crippen LogP contribution in [0.1, 0.15) is 5.69 Å². The van der Waals surface area contributed by atoms with E-state index < -0.39 is 17.2 Å². The van der Waals surface area contributed by atoms with Crippen molar-refractivity contribution in [2.45, 2.75) is 13.5 Å². The zero-order valence-electron chi connectivity index (χ0n) is 19.0. The van der Waals surface area contributed by atoms with Gasteiger partial charge in [0.1, 0.15) is 12.3 Å². The second kappa shape index (κ2) is 9.14. The minimum atomic E-state index is -0.702. The van der Waals surface area contributed by atoms with Gasteiger partial charge in [-0.1, -0.05) is 6.07 Å². The Morgan fingerprint density at radius 3 is 2.41 bits per heavy atom. The molecule has 0 saturated carbocycles. The number of rotatable bonds is 7. The molecule has 176 valence electrons. The molecule has 11 nitrogen and oxygen atoms in total. The van der Waals surface area contributed by atoms with E-state index in [1.54, 1.807) is 37.3 Å². The van der Waals surface area contributed by atoms with Crippen molar-refractivity contribution >= 4 is 22.6 Å². The lowest BCUT2D eigenvalue weighted by atomic mass is 10.2. The molecule has 2 heterocycles. The summed E-state index contributed by atoms with van der Waals surface area (Å²) in [4.78, 5) is 39.8. The van der Waals surface area contributed by atoms with Crippen LogP contribution in [0.4, 0.5) is 5.82 Å². The van der Waals surface area contributed by atoms with Crippen LogP contribution in [-0.2, 0) is 11.3 Å². The minimum absolute atomic E-state index is 0.170. The molecule has 0 bridgehead atoms. The fraction of sp³-hybridized carbons (Fsp3) is 0.217. The fourth-order valence-electron chi connectivity index (χ4n) is 3.63. The molecule has 2 N–H and O–H groups in total. The summed E-state index contributed by atoms with van der Waals surface area (Å²) in [5.41, 5.74) is 0.00437. The number of aryl methyl sites for hydroxylation is 1. The van der Waals surface area contributed by atoms with Crippen molar-refractivity contribution in [3.8, 4) is 22.9 Å². The fourth-order valence-corrected chi connectivity index (χ4v) is 3.63. The number of carbonyl (C=O) groups excluding carboxylic acids is 1. The number of H-pyrrole nitrogens is 1. The van der Waals surface area contributed by atoms with Gasteiger partial charge in [-0.2, -0.15) is 5.10 Å². The first-order chi connectivity index (χ1) is 16.4. The van der Waals surface area contributed by atoms with Crippen LogP contribution in [0.15, 0.2) is 52.1 Å². The summed E-state index contributed by atoms with van der Waals surface area (Å²) in [5.74, 6) is 0.908. The first-order valence-electron chi connectivity index (χ1n) is 10.2. The van der Waals surface area contributed by atoms with Crippen molar-refractivity contribution < 1.29 is 19.0 Å². The Bertz CT molecular complexity index is 1500. The van der Waals surface area contributed by atoms with E-state index in [4.69, 9.17) is 14.2 Å². The normalized spacial score (nSPS) is 10.8. The molecular weight excluding hydrogens is 442 g/mol. The summed E-state index contributed by atoms with van der Waals surface area (Å²) in [6.45, 7) is 1.42. The third kappa shape index (κ3) is 4.10. The number of methoxy groups -OCH3 is 3. The molecule has 0 fully saturated rings. The quantitative estimate of drug-likeness (QED) is 0.426. The van der Waals surface area contributed by atoms with Crippen molar-refractivity contribution in [2.24, 2.45) is 0 Å². The molecule has 2 aromatic heterocycles. The van der Waals surface area contributed by atoms with E-state index in [0.717, 1.165) is 10.3 Å². The molecule has 0 aliphatic rings. The Morgan fingerprint density at radius 2 is 1.76 bits per heavy atom. The van der Waals surface area contributed by atoms with Crippen molar-refractivity contribution in [1.82, 2.24) is 19.3 Å². The Hall–Kier alpha value is -4.54. The lowest BCUT2D eigenvalue weighted by molar-refractivity contribution is -0.116. The molecule has 0 atom stereocenters. The molecule has 4 aromatic rings. The first-order valence-corrected chi connectivity index (χ1v) is 10.2. The highest BCUT2D eigenvalue weighted by Crippen LogP contribution is 2.30. The lowest BCUT2D eigenvalue weighted by Crippen LogP contribution is -2.40. The number of aromatic amines is 1. The van der Waals surface area contributed by atoms with Crippen LogP contribution in [0.2, 0.25) is 0 Å². The van der Waals surface area contributed by atoms with Gasteiger partial charge in [-0.05, 0) is 25.1 Å². The summed E-state index contributed by atoms with van der Waals surface area (Å²) >= 11 is 0. The van der Waals surface area contributed by atoms with Crippen LogP contribution >= 0.6 is 0 Å². The predicted molar refractivity (Wildman–Crippen MR) is 125 cm³/mol. The number of nitrogens with zero attached hydrogens (tertiary/aromatic N) is 3. The number of fused-ring (bicyclic) bond motifs is 1. The number of benzene rings is 2. The van der Waals surface area contributed by atoms with E-state index in [2.05, 4.69) is 15.5 Å². The highest BCUT2D eigenvalue weighted by atomic mass is 16.5. The third-order valence-electron chi connectivity index (χ3n) is 5.24. The van der Waals surface area contributed by atoms with E-state index in [-0.39, 0.29) is 17.4 Å². The molecule has 11 heteroatoms. The highest BCUT2D eigenvalue weighted by Gasteiger charge is 2.20. The summed E-state index contributed by atoms with van der Waals surface area (Å²) < 4.78 is 18.1. The summed E-state index contributed by atoms with van der Waals surface area (Å²) in [6.07, 6.45) is 0. The van der Waals surface area contributed by atoms with Gasteiger partial charge in [0.2, 0.25) is 5.91 Å². The second-order valence-electron chi connectivity index (χ2n) is 7.42. The summed E-state index contributed by atoms with van der Waals surface area (Å²) in [5, 5.41) is 9.53. The van der Waals surface area contributed by atoms with Gasteiger partial charge in [0.15, 0.2) is 17.3 Å². The first kappa shape index (κ1) is 22.6. The smallest absolute Gasteiger partial charge is 0.336 e. The summed E-state index contributed by atoms with van der Waals surface area (Å²) in [6, 6.07) is 11.2. The number of hydrogen-bond acceptors (Lipinski definition) is 7. The van der Waals surface area contributed by atoms with Crippen molar-refractivity contribution in [3.63, 3.8) is 0 Å². The Labute approximate surface area is 193 Å². The summed E-state index contributed by atoms with van der Waals surface area (Å²) in [7, 11) is 4.37. The van der Waals surface area contributed by atoms with Gasteiger partial charge in [0.05, 0.1) is 37.9 Å². The number of anilines is 1. The lowest BCUT2D eigenvalue weighted by Gasteiger charge is -2.16. The molecule has 1 amide bonds. The number of aromatic nitrogens is 4. The SMILES string of the molecule is COc1cccc(-n2c(=O)c3cc(OC)c(OC)cc3n(CC(=O)Nc3cc(C)[nH]n3)c2=O)c1. The van der Waals surface area contributed by atoms with E-state index >= 15 is 0 Å². The Balaban J connectivity index is 1.95. The van der Waals surface area contributed by atoms with Crippen LogP contribution in [-0.4, -0.2) is 46.6 Å². The number of amides is 1. The number of carbonyl (C=O) groups is 1. The second-order valence-corrected chi connectivity index (χ2v) is 7.42. The average molecular weight is 465 g/mol.